The van der Waals surface area contributed by atoms with Crippen molar-refractivity contribution in [3.05, 3.63) is 80.0 Å². The number of carbonyl (C=O) groups is 1. The maximum Gasteiger partial charge on any atom is 0.251 e. The Morgan fingerprint density at radius 1 is 1.31 bits per heavy atom. The van der Waals surface area contributed by atoms with Crippen molar-refractivity contribution in [2.45, 2.75) is 20.1 Å². The molecule has 0 fully saturated rings. The van der Waals surface area contributed by atoms with Crippen molar-refractivity contribution in [2.75, 3.05) is 0 Å². The van der Waals surface area contributed by atoms with E-state index in [9.17, 15) is 9.18 Å². The summed E-state index contributed by atoms with van der Waals surface area (Å²) in [6, 6.07) is 11.5. The number of hydrogen-bond acceptors (Lipinski definition) is 4. The third-order valence-electron chi connectivity index (χ3n) is 3.60. The Labute approximate surface area is 163 Å². The fourth-order valence-electron chi connectivity index (χ4n) is 2.32. The van der Waals surface area contributed by atoms with E-state index in [-0.39, 0.29) is 18.3 Å². The molecule has 0 saturated heterocycles. The van der Waals surface area contributed by atoms with Gasteiger partial charge in [0.1, 0.15) is 18.2 Å². The van der Waals surface area contributed by atoms with Gasteiger partial charge in [-0.05, 0) is 43.3 Å². The monoisotopic (exact) mass is 434 g/mol. The highest BCUT2D eigenvalue weighted by Crippen LogP contribution is 2.18. The summed E-state index contributed by atoms with van der Waals surface area (Å²) in [5, 5.41) is 5.65. The van der Waals surface area contributed by atoms with Crippen LogP contribution in [-0.4, -0.2) is 10.9 Å². The number of ether oxygens (including phenoxy) is 1. The number of nitrogens with one attached hydrogen (secondary N) is 1. The Kier molecular flexibility index (Phi) is 6.00. The van der Waals surface area contributed by atoms with Crippen LogP contribution in [0.4, 0.5) is 4.39 Å². The molecule has 134 valence electrons. The minimum atomic E-state index is -0.357. The number of amides is 1. The van der Waals surface area contributed by atoms with Gasteiger partial charge in [-0.3, -0.25) is 4.79 Å². The van der Waals surface area contributed by atoms with E-state index in [1.165, 1.54) is 6.07 Å². The number of hydrogen-bond donors (Lipinski definition) is 1. The van der Waals surface area contributed by atoms with E-state index in [0.29, 0.717) is 23.5 Å². The molecule has 0 aliphatic rings. The van der Waals surface area contributed by atoms with E-state index < -0.39 is 0 Å². The average molecular weight is 435 g/mol. The van der Waals surface area contributed by atoms with E-state index in [4.69, 9.17) is 4.74 Å². The van der Waals surface area contributed by atoms with Crippen LogP contribution in [0.1, 0.15) is 26.6 Å². The summed E-state index contributed by atoms with van der Waals surface area (Å²) in [5.41, 5.74) is 1.72. The maximum atomic E-state index is 13.8. The summed E-state index contributed by atoms with van der Waals surface area (Å²) < 4.78 is 20.2. The standard InChI is InChI=1S/C19H16BrFN2O2S/c1-12-23-16(11-26-12)10-25-17-4-2-3-13(8-17)19(24)22-9-14-7-15(20)5-6-18(14)21/h2-8,11H,9-10H2,1H3,(H,22,24). The lowest BCUT2D eigenvalue weighted by molar-refractivity contribution is 0.0950. The van der Waals surface area contributed by atoms with Crippen LogP contribution in [0.5, 0.6) is 5.75 Å². The molecule has 3 aromatic rings. The number of benzene rings is 2. The number of nitrogens with zero attached hydrogens (tertiary/aromatic N) is 1. The third-order valence-corrected chi connectivity index (χ3v) is 4.91. The highest BCUT2D eigenvalue weighted by atomic mass is 79.9. The van der Waals surface area contributed by atoms with Crippen LogP contribution < -0.4 is 10.1 Å². The van der Waals surface area contributed by atoms with E-state index >= 15 is 0 Å². The minimum Gasteiger partial charge on any atom is -0.487 e. The van der Waals surface area contributed by atoms with Crippen LogP contribution >= 0.6 is 27.3 Å². The summed E-state index contributed by atoms with van der Waals surface area (Å²) in [6.45, 7) is 2.39. The molecule has 1 aromatic heterocycles. The first-order valence-electron chi connectivity index (χ1n) is 7.87. The van der Waals surface area contributed by atoms with E-state index in [1.807, 2.05) is 12.3 Å². The summed E-state index contributed by atoms with van der Waals surface area (Å²) in [6.07, 6.45) is 0. The zero-order valence-electron chi connectivity index (χ0n) is 14.0. The van der Waals surface area contributed by atoms with Gasteiger partial charge in [-0.25, -0.2) is 9.37 Å². The zero-order valence-corrected chi connectivity index (χ0v) is 16.4. The van der Waals surface area contributed by atoms with Gasteiger partial charge in [-0.1, -0.05) is 22.0 Å². The molecule has 4 nitrogen and oxygen atoms in total. The predicted molar refractivity (Wildman–Crippen MR) is 103 cm³/mol. The molecule has 0 atom stereocenters. The molecule has 26 heavy (non-hydrogen) atoms. The Hall–Kier alpha value is -2.25. The second-order valence-corrected chi connectivity index (χ2v) is 7.57. The lowest BCUT2D eigenvalue weighted by Gasteiger charge is -2.09. The average Bonchev–Trinajstić information content (AvgIpc) is 3.06. The van der Waals surface area contributed by atoms with Crippen LogP contribution in [0.2, 0.25) is 0 Å². The van der Waals surface area contributed by atoms with E-state index in [2.05, 4.69) is 26.2 Å². The molecular weight excluding hydrogens is 419 g/mol. The van der Waals surface area contributed by atoms with Crippen molar-refractivity contribution in [1.29, 1.82) is 0 Å². The lowest BCUT2D eigenvalue weighted by Crippen LogP contribution is -2.23. The Balaban J connectivity index is 1.61. The van der Waals surface area contributed by atoms with Crippen molar-refractivity contribution in [3.63, 3.8) is 0 Å². The molecular formula is C19H16BrFN2O2S. The quantitative estimate of drug-likeness (QED) is 0.602. The zero-order chi connectivity index (χ0) is 18.5. The van der Waals surface area contributed by atoms with Gasteiger partial charge in [-0.2, -0.15) is 0 Å². The first-order valence-corrected chi connectivity index (χ1v) is 9.54. The van der Waals surface area contributed by atoms with Crippen molar-refractivity contribution in [2.24, 2.45) is 0 Å². The van der Waals surface area contributed by atoms with Gasteiger partial charge >= 0.3 is 0 Å². The minimum absolute atomic E-state index is 0.104. The molecule has 1 N–H and O–H groups in total. The number of aromatic nitrogens is 1. The number of halogens is 2. The molecule has 2 aromatic carbocycles. The van der Waals surface area contributed by atoms with E-state index in [1.54, 1.807) is 47.7 Å². The topological polar surface area (TPSA) is 51.2 Å². The summed E-state index contributed by atoms with van der Waals surface area (Å²) >= 11 is 4.86. The number of thiazole rings is 1. The molecule has 1 amide bonds. The fraction of sp³-hybridized carbons (Fsp3) is 0.158. The number of aryl methyl sites for hydroxylation is 1. The largest absolute Gasteiger partial charge is 0.487 e. The third kappa shape index (κ3) is 4.89. The molecule has 1 heterocycles. The first-order chi connectivity index (χ1) is 12.5. The Morgan fingerprint density at radius 3 is 2.92 bits per heavy atom. The van der Waals surface area contributed by atoms with Crippen molar-refractivity contribution >= 4 is 33.2 Å². The Bertz CT molecular complexity index is 929. The molecule has 0 aliphatic carbocycles. The summed E-state index contributed by atoms with van der Waals surface area (Å²) in [5.74, 6) is -0.0691. The second-order valence-electron chi connectivity index (χ2n) is 5.59. The van der Waals surface area contributed by atoms with Crippen LogP contribution in [0.15, 0.2) is 52.3 Å². The van der Waals surface area contributed by atoms with Gasteiger partial charge in [-0.15, -0.1) is 11.3 Å². The summed E-state index contributed by atoms with van der Waals surface area (Å²) in [7, 11) is 0. The first kappa shape index (κ1) is 18.5. The van der Waals surface area contributed by atoms with Gasteiger partial charge in [0.15, 0.2) is 0 Å². The summed E-state index contributed by atoms with van der Waals surface area (Å²) in [4.78, 5) is 16.7. The van der Waals surface area contributed by atoms with Crippen molar-refractivity contribution in [3.8, 4) is 5.75 Å². The molecule has 0 aliphatic heterocycles. The van der Waals surface area contributed by atoms with Crippen LogP contribution in [0.3, 0.4) is 0 Å². The molecule has 0 bridgehead atoms. The van der Waals surface area contributed by atoms with Gasteiger partial charge in [0.25, 0.3) is 5.91 Å². The van der Waals surface area contributed by atoms with E-state index in [0.717, 1.165) is 15.2 Å². The maximum absolute atomic E-state index is 13.8. The van der Waals surface area contributed by atoms with Gasteiger partial charge < -0.3 is 10.1 Å². The number of carbonyl (C=O) groups excluding carboxylic acids is 1. The molecule has 0 unspecified atom stereocenters. The molecule has 0 radical (unpaired) electrons. The van der Waals surface area contributed by atoms with Gasteiger partial charge in [0.05, 0.1) is 10.7 Å². The predicted octanol–water partition coefficient (Wildman–Crippen LogP) is 4.86. The fourth-order valence-corrected chi connectivity index (χ4v) is 3.32. The highest BCUT2D eigenvalue weighted by Gasteiger charge is 2.09. The SMILES string of the molecule is Cc1nc(COc2cccc(C(=O)NCc3cc(Br)ccc3F)c2)cs1. The van der Waals surface area contributed by atoms with Crippen LogP contribution in [0.25, 0.3) is 0 Å². The normalized spacial score (nSPS) is 10.6. The van der Waals surface area contributed by atoms with Gasteiger partial charge in [0, 0.05) is 27.5 Å². The molecule has 3 rings (SSSR count). The lowest BCUT2D eigenvalue weighted by atomic mass is 10.1. The van der Waals surface area contributed by atoms with Gasteiger partial charge in [0.2, 0.25) is 0 Å². The smallest absolute Gasteiger partial charge is 0.251 e. The second kappa shape index (κ2) is 8.42. The van der Waals surface area contributed by atoms with Crippen molar-refractivity contribution in [1.82, 2.24) is 10.3 Å². The molecule has 7 heteroatoms. The van der Waals surface area contributed by atoms with Crippen molar-refractivity contribution < 1.29 is 13.9 Å². The number of rotatable bonds is 6. The van der Waals surface area contributed by atoms with Crippen LogP contribution in [-0.2, 0) is 13.2 Å². The Morgan fingerprint density at radius 2 is 2.15 bits per heavy atom. The molecule has 0 saturated carbocycles. The highest BCUT2D eigenvalue weighted by molar-refractivity contribution is 9.10. The molecule has 0 spiro atoms. The van der Waals surface area contributed by atoms with Crippen LogP contribution in [0, 0.1) is 12.7 Å².